The van der Waals surface area contributed by atoms with Crippen molar-refractivity contribution in [1.29, 1.82) is 0 Å². The fourth-order valence-electron chi connectivity index (χ4n) is 7.91. The number of nitrogens with zero attached hydrogens (tertiary/aromatic N) is 1. The molecule has 1 heterocycles. The van der Waals surface area contributed by atoms with Crippen molar-refractivity contribution in [1.82, 2.24) is 0 Å². The van der Waals surface area contributed by atoms with Crippen LogP contribution < -0.4 is 26.4 Å². The van der Waals surface area contributed by atoms with Gasteiger partial charge in [0.2, 0.25) is 10.5 Å². The molecule has 0 bridgehead atoms. The number of hydrogen-bond acceptors (Lipinski definition) is 1. The molecular weight excluding hydrogens is 989 g/mol. The summed E-state index contributed by atoms with van der Waals surface area (Å²) >= 11 is 1.91. The summed E-state index contributed by atoms with van der Waals surface area (Å²) in [6.07, 6.45) is -6.24. The van der Waals surface area contributed by atoms with Gasteiger partial charge in [0.1, 0.15) is 57.4 Å². The second-order valence-corrected chi connectivity index (χ2v) is 16.1. The number of thiazole rings is 1. The lowest BCUT2D eigenvalue weighted by molar-refractivity contribution is -0.665. The van der Waals surface area contributed by atoms with Crippen LogP contribution in [0.4, 0.5) is 87.8 Å². The molecule has 0 amide bonds. The molecule has 0 unspecified atom stereocenters. The van der Waals surface area contributed by atoms with E-state index in [-0.39, 0.29) is 0 Å². The number of aryl methyl sites for hydroxylation is 1. The number of benzene rings is 7. The average Bonchev–Trinajstić information content (AvgIpc) is 3.68. The zero-order valence-electron chi connectivity index (χ0n) is 33.9. The summed E-state index contributed by atoms with van der Waals surface area (Å²) in [4.78, 5) is 0. The summed E-state index contributed by atoms with van der Waals surface area (Å²) in [5.41, 5.74) is -8.98. The van der Waals surface area contributed by atoms with Crippen molar-refractivity contribution in [3.63, 3.8) is 0 Å². The fourth-order valence-corrected chi connectivity index (χ4v) is 9.10. The van der Waals surface area contributed by atoms with Gasteiger partial charge in [-0.15, -0.1) is 21.9 Å². The molecule has 7 aromatic carbocycles. The van der Waals surface area contributed by atoms with Gasteiger partial charge in [-0.1, -0.05) is 83.6 Å². The van der Waals surface area contributed by atoms with E-state index in [4.69, 9.17) is 0 Å². The molecule has 0 aliphatic rings. The summed E-state index contributed by atoms with van der Waals surface area (Å²) in [5.74, 6) is -71.4. The van der Waals surface area contributed by atoms with Crippen molar-refractivity contribution in [2.45, 2.75) is 19.9 Å². The second kappa shape index (κ2) is 18.9. The van der Waals surface area contributed by atoms with Gasteiger partial charge in [-0.25, -0.2) is 87.8 Å². The van der Waals surface area contributed by atoms with E-state index in [2.05, 4.69) is 90.4 Å². The Balaban J connectivity index is 0.000000244. The first-order valence-electron chi connectivity index (χ1n) is 19.2. The molecule has 8 rings (SSSR count). The maximum Gasteiger partial charge on any atom is 0.243 e. The first kappa shape index (κ1) is 50.0. The third-order valence-electron chi connectivity index (χ3n) is 11.1. The Morgan fingerprint density at radius 2 is 0.652 bits per heavy atom. The van der Waals surface area contributed by atoms with Crippen molar-refractivity contribution in [2.24, 2.45) is 0 Å². The topological polar surface area (TPSA) is 3.88 Å². The van der Waals surface area contributed by atoms with Gasteiger partial charge in [-0.2, -0.15) is 4.57 Å². The number of aromatic nitrogens is 1. The summed E-state index contributed by atoms with van der Waals surface area (Å²) in [5, 5.41) is 1.41. The maximum atomic E-state index is 15.4. The van der Waals surface area contributed by atoms with Gasteiger partial charge in [0.25, 0.3) is 0 Å². The van der Waals surface area contributed by atoms with E-state index in [0.717, 1.165) is 13.0 Å². The summed E-state index contributed by atoms with van der Waals surface area (Å²) in [7, 11) is 0. The van der Waals surface area contributed by atoms with Crippen LogP contribution in [0.2, 0.25) is 0 Å². The van der Waals surface area contributed by atoms with E-state index >= 15 is 35.1 Å². The van der Waals surface area contributed by atoms with Gasteiger partial charge in [0, 0.05) is 11.6 Å². The normalized spacial score (nSPS) is 11.7. The van der Waals surface area contributed by atoms with Crippen LogP contribution in [-0.2, 0) is 13.0 Å². The molecule has 0 saturated carbocycles. The minimum Gasteiger partial charge on any atom is -0.207 e. The highest BCUT2D eigenvalue weighted by molar-refractivity contribution is 7.20. The Hall–Kier alpha value is -6.91. The van der Waals surface area contributed by atoms with Crippen LogP contribution in [0, 0.1) is 123 Å². The lowest BCUT2D eigenvalue weighted by Crippen LogP contribution is -2.81. The summed E-state index contributed by atoms with van der Waals surface area (Å²) in [6, 6.07) is 28.3. The van der Waals surface area contributed by atoms with E-state index in [0.29, 0.717) is 0 Å². The highest BCUT2D eigenvalue weighted by Crippen LogP contribution is 2.31. The van der Waals surface area contributed by atoms with Crippen molar-refractivity contribution in [3.05, 3.63) is 217 Å². The van der Waals surface area contributed by atoms with Crippen molar-refractivity contribution in [3.8, 4) is 0 Å². The molecule has 0 atom stereocenters. The quantitative estimate of drug-likeness (QED) is 0.0470. The van der Waals surface area contributed by atoms with E-state index < -0.39 is 144 Å². The Labute approximate surface area is 378 Å². The Bertz CT molecular complexity index is 2960. The predicted octanol–water partition coefficient (Wildman–Crippen LogP) is 11.0. The van der Waals surface area contributed by atoms with Gasteiger partial charge in [-0.05, 0) is 18.6 Å². The van der Waals surface area contributed by atoms with Gasteiger partial charge >= 0.3 is 0 Å². The molecule has 0 N–H and O–H groups in total. The van der Waals surface area contributed by atoms with Crippen LogP contribution >= 0.6 is 11.3 Å². The number of fused-ring (bicyclic) bond motifs is 1. The molecule has 8 aromatic rings. The van der Waals surface area contributed by atoms with Crippen LogP contribution in [0.3, 0.4) is 0 Å². The number of halogens is 20. The minimum atomic E-state index is -7.22. The molecule has 0 fully saturated rings. The smallest absolute Gasteiger partial charge is 0.207 e. The fraction of sp³-hybridized carbons (Fsp3) is 0.0652. The van der Waals surface area contributed by atoms with Crippen LogP contribution in [-0.4, -0.2) is 6.15 Å². The second-order valence-electron chi connectivity index (χ2n) is 15.0. The van der Waals surface area contributed by atoms with Gasteiger partial charge in [0.05, 0.1) is 6.42 Å². The lowest BCUT2D eigenvalue weighted by Gasteiger charge is -2.44. The van der Waals surface area contributed by atoms with Crippen LogP contribution in [0.15, 0.2) is 78.9 Å². The summed E-state index contributed by atoms with van der Waals surface area (Å²) < 4.78 is 298. The van der Waals surface area contributed by atoms with Crippen LogP contribution in [0.25, 0.3) is 10.2 Å². The Morgan fingerprint density at radius 3 is 1.00 bits per heavy atom. The van der Waals surface area contributed by atoms with Gasteiger partial charge in [0.15, 0.2) is 76.4 Å². The van der Waals surface area contributed by atoms with Gasteiger partial charge < -0.3 is 0 Å². The lowest BCUT2D eigenvalue weighted by atomic mass is 9.12. The van der Waals surface area contributed by atoms with E-state index in [9.17, 15) is 52.7 Å². The summed E-state index contributed by atoms with van der Waals surface area (Å²) in [6.45, 7) is 3.06. The first-order valence-corrected chi connectivity index (χ1v) is 20.0. The van der Waals surface area contributed by atoms with Crippen molar-refractivity contribution in [2.75, 3.05) is 0 Å². The standard InChI is InChI=1S/C24BF20.C22H20NS/c26-5-1(6(27)14(35)21(42)13(5)34)25(2-7(28)15(36)22(43)16(37)8(2)29,3-9(30)17(38)23(44)18(39)10(3)31)4-11(32)19(40)24(45)20(41)12(4)33;1-17-11-13-18(14-12-17)15-22-23(16-19-7-3-2-4-8-19)20-9-5-6-10-21(20)24-22/h;2-14H,15-16H2,1H3/q-1;+1. The number of rotatable bonds is 8. The molecule has 358 valence electrons. The monoisotopic (exact) mass is 1010 g/mol. The molecule has 0 spiro atoms. The maximum absolute atomic E-state index is 15.4. The number of para-hydroxylation sites is 1. The average molecular weight is 1010 g/mol. The van der Waals surface area contributed by atoms with Crippen molar-refractivity contribution >= 4 is 49.6 Å². The zero-order valence-corrected chi connectivity index (χ0v) is 34.7. The SMILES string of the molecule is Cc1ccc(Cc2sc3ccccc3[n+]2Cc2ccccc2)cc1.Fc1c(F)c(F)c([B-](c2c(F)c(F)c(F)c(F)c2F)(c2c(F)c(F)c(F)c(F)c2F)c2c(F)c(F)c(F)c(F)c2F)c(F)c1F. The molecule has 0 radical (unpaired) electrons. The molecule has 1 nitrogen and oxygen atoms in total. The molecule has 0 aliphatic carbocycles. The predicted molar refractivity (Wildman–Crippen MR) is 211 cm³/mol. The molecule has 23 heteroatoms. The molecule has 69 heavy (non-hydrogen) atoms. The Kier molecular flexibility index (Phi) is 13.7. The highest BCUT2D eigenvalue weighted by atomic mass is 32.1. The van der Waals surface area contributed by atoms with Crippen LogP contribution in [0.1, 0.15) is 21.7 Å². The first-order chi connectivity index (χ1) is 32.5. The highest BCUT2D eigenvalue weighted by Gasteiger charge is 2.52. The molecule has 0 aliphatic heterocycles. The largest absolute Gasteiger partial charge is 0.243 e. The van der Waals surface area contributed by atoms with Crippen molar-refractivity contribution < 1.29 is 92.4 Å². The van der Waals surface area contributed by atoms with E-state index in [1.54, 1.807) is 0 Å². The van der Waals surface area contributed by atoms with Gasteiger partial charge in [-0.3, -0.25) is 0 Å². The van der Waals surface area contributed by atoms with E-state index in [1.165, 1.54) is 31.9 Å². The van der Waals surface area contributed by atoms with Crippen LogP contribution in [0.5, 0.6) is 0 Å². The molecule has 0 saturated heterocycles. The third kappa shape index (κ3) is 8.12. The number of hydrogen-bond donors (Lipinski definition) is 0. The molecule has 1 aromatic heterocycles. The minimum absolute atomic E-state index is 0.923. The Morgan fingerprint density at radius 1 is 0.348 bits per heavy atom. The third-order valence-corrected chi connectivity index (χ3v) is 12.2. The zero-order chi connectivity index (χ0) is 50.7. The van der Waals surface area contributed by atoms with E-state index in [1.807, 2.05) is 11.3 Å². The molecular formula is C46H20BF20NS.